The van der Waals surface area contributed by atoms with E-state index in [-0.39, 0.29) is 11.5 Å². The number of halogens is 1. The molecule has 1 amide bonds. The Labute approximate surface area is 188 Å². The predicted octanol–water partition coefficient (Wildman–Crippen LogP) is 2.33. The predicted molar refractivity (Wildman–Crippen MR) is 119 cm³/mol. The third kappa shape index (κ3) is 3.52. The van der Waals surface area contributed by atoms with Gasteiger partial charge in [-0.1, -0.05) is 18.2 Å². The maximum atomic E-state index is 14.0. The number of rotatable bonds is 4. The van der Waals surface area contributed by atoms with Gasteiger partial charge in [0.15, 0.2) is 0 Å². The van der Waals surface area contributed by atoms with Crippen LogP contribution in [-0.2, 0) is 0 Å². The molecule has 2 saturated heterocycles. The van der Waals surface area contributed by atoms with Crippen LogP contribution in [0, 0.1) is 5.82 Å². The lowest BCUT2D eigenvalue weighted by Crippen LogP contribution is -2.49. The minimum Gasteiger partial charge on any atom is -0.335 e. The summed E-state index contributed by atoms with van der Waals surface area (Å²) < 4.78 is 21.6. The monoisotopic (exact) mass is 447 g/mol. The fourth-order valence-corrected chi connectivity index (χ4v) is 4.28. The molecule has 0 bridgehead atoms. The second kappa shape index (κ2) is 7.96. The van der Waals surface area contributed by atoms with E-state index in [9.17, 15) is 9.18 Å². The Balaban J connectivity index is 1.16. The van der Waals surface area contributed by atoms with Crippen molar-refractivity contribution in [2.24, 2.45) is 0 Å². The molecule has 9 nitrogen and oxygen atoms in total. The van der Waals surface area contributed by atoms with Crippen LogP contribution in [0.2, 0.25) is 0 Å². The molecule has 0 spiro atoms. The Hall–Kier alpha value is -3.79. The van der Waals surface area contributed by atoms with Gasteiger partial charge in [-0.3, -0.25) is 9.48 Å². The van der Waals surface area contributed by atoms with Crippen molar-refractivity contribution >= 4 is 22.8 Å². The van der Waals surface area contributed by atoms with E-state index in [2.05, 4.69) is 20.6 Å². The zero-order valence-corrected chi connectivity index (χ0v) is 17.8. The quantitative estimate of drug-likeness (QED) is 0.513. The maximum absolute atomic E-state index is 14.0. The number of amides is 1. The molecule has 4 aromatic rings. The molecule has 10 heteroatoms. The number of piperazine rings is 1. The highest BCUT2D eigenvalue weighted by Crippen LogP contribution is 2.27. The van der Waals surface area contributed by atoms with Crippen molar-refractivity contribution in [3.8, 4) is 11.5 Å². The smallest absolute Gasteiger partial charge is 0.266 e. The van der Waals surface area contributed by atoms with Crippen LogP contribution in [0.15, 0.2) is 53.2 Å². The van der Waals surface area contributed by atoms with Crippen LogP contribution in [0.5, 0.6) is 0 Å². The van der Waals surface area contributed by atoms with E-state index in [1.54, 1.807) is 17.0 Å². The summed E-state index contributed by atoms with van der Waals surface area (Å²) in [6.45, 7) is 3.82. The standard InChI is InChI=1S/C23H22FN7O2/c24-19-4-2-1-3-18(19)22(32)29-7-9-30(10-8-29)23-27-21(33-28-23)15-5-6-16-12-26-31(20(16)11-15)17-13-25-14-17/h1-6,11-12,17,25H,7-10,13-14H2. The average Bonchev–Trinajstić information content (AvgIpc) is 3.46. The largest absolute Gasteiger partial charge is 0.335 e. The van der Waals surface area contributed by atoms with Crippen LogP contribution < -0.4 is 10.2 Å². The average molecular weight is 447 g/mol. The van der Waals surface area contributed by atoms with Gasteiger partial charge in [0.25, 0.3) is 17.7 Å². The number of nitrogens with zero attached hydrogens (tertiary/aromatic N) is 6. The summed E-state index contributed by atoms with van der Waals surface area (Å²) in [4.78, 5) is 20.9. The fraction of sp³-hybridized carbons (Fsp3) is 0.304. The van der Waals surface area contributed by atoms with Crippen molar-refractivity contribution in [3.05, 3.63) is 60.0 Å². The normalized spacial score (nSPS) is 16.9. The summed E-state index contributed by atoms with van der Waals surface area (Å²) in [5.74, 6) is 0.129. The number of fused-ring (bicyclic) bond motifs is 1. The molecule has 6 rings (SSSR count). The molecule has 0 aliphatic carbocycles. The zero-order chi connectivity index (χ0) is 22.4. The number of hydrogen-bond donors (Lipinski definition) is 1. The summed E-state index contributed by atoms with van der Waals surface area (Å²) in [5, 5.41) is 13.0. The minimum absolute atomic E-state index is 0.0973. The van der Waals surface area contributed by atoms with Crippen LogP contribution >= 0.6 is 0 Å². The molecule has 0 unspecified atom stereocenters. The van der Waals surface area contributed by atoms with Crippen molar-refractivity contribution in [3.63, 3.8) is 0 Å². The molecule has 4 heterocycles. The van der Waals surface area contributed by atoms with E-state index in [0.29, 0.717) is 44.1 Å². The first kappa shape index (κ1) is 19.9. The third-order valence-corrected chi connectivity index (χ3v) is 6.32. The first-order valence-electron chi connectivity index (χ1n) is 11.0. The summed E-state index contributed by atoms with van der Waals surface area (Å²) in [6.07, 6.45) is 1.87. The molecule has 2 aliphatic heterocycles. The first-order valence-corrected chi connectivity index (χ1v) is 11.0. The molecule has 1 N–H and O–H groups in total. The topological polar surface area (TPSA) is 92.3 Å². The maximum Gasteiger partial charge on any atom is 0.266 e. The highest BCUT2D eigenvalue weighted by Gasteiger charge is 2.26. The van der Waals surface area contributed by atoms with E-state index in [4.69, 9.17) is 4.52 Å². The number of carbonyl (C=O) groups is 1. The summed E-state index contributed by atoms with van der Waals surface area (Å²) in [6, 6.07) is 12.4. The molecule has 0 saturated carbocycles. The zero-order valence-electron chi connectivity index (χ0n) is 17.8. The molecule has 2 aromatic heterocycles. The Bertz CT molecular complexity index is 1320. The lowest BCUT2D eigenvalue weighted by Gasteiger charge is -2.33. The van der Waals surface area contributed by atoms with Gasteiger partial charge >= 0.3 is 0 Å². The number of anilines is 1. The van der Waals surface area contributed by atoms with Gasteiger partial charge in [0, 0.05) is 50.2 Å². The Morgan fingerprint density at radius 2 is 1.91 bits per heavy atom. The minimum atomic E-state index is -0.500. The molecule has 0 radical (unpaired) electrons. The van der Waals surface area contributed by atoms with Gasteiger partial charge < -0.3 is 19.6 Å². The molecule has 168 valence electrons. The highest BCUT2D eigenvalue weighted by atomic mass is 19.1. The lowest BCUT2D eigenvalue weighted by atomic mass is 10.1. The van der Waals surface area contributed by atoms with E-state index in [1.165, 1.54) is 12.1 Å². The van der Waals surface area contributed by atoms with Crippen LogP contribution in [-0.4, -0.2) is 70.0 Å². The number of nitrogens with one attached hydrogen (secondary N) is 1. The van der Waals surface area contributed by atoms with E-state index in [0.717, 1.165) is 29.6 Å². The number of hydrogen-bond acceptors (Lipinski definition) is 7. The van der Waals surface area contributed by atoms with Gasteiger partial charge in [-0.25, -0.2) is 4.39 Å². The van der Waals surface area contributed by atoms with Crippen molar-refractivity contribution in [1.29, 1.82) is 0 Å². The van der Waals surface area contributed by atoms with Crippen LogP contribution in [0.1, 0.15) is 16.4 Å². The molecule has 2 fully saturated rings. The van der Waals surface area contributed by atoms with Crippen LogP contribution in [0.25, 0.3) is 22.4 Å². The van der Waals surface area contributed by atoms with Gasteiger partial charge in [-0.15, -0.1) is 0 Å². The summed E-state index contributed by atoms with van der Waals surface area (Å²) >= 11 is 0. The van der Waals surface area contributed by atoms with Gasteiger partial charge in [0.1, 0.15) is 5.82 Å². The van der Waals surface area contributed by atoms with Crippen LogP contribution in [0.4, 0.5) is 10.3 Å². The fourth-order valence-electron chi connectivity index (χ4n) is 4.28. The van der Waals surface area contributed by atoms with E-state index in [1.807, 2.05) is 34.0 Å². The van der Waals surface area contributed by atoms with E-state index < -0.39 is 5.82 Å². The second-order valence-corrected chi connectivity index (χ2v) is 8.33. The number of carbonyl (C=O) groups excluding carboxylic acids is 1. The highest BCUT2D eigenvalue weighted by molar-refractivity contribution is 5.94. The second-order valence-electron chi connectivity index (χ2n) is 8.33. The number of aromatic nitrogens is 4. The van der Waals surface area contributed by atoms with Crippen molar-refractivity contribution in [2.75, 3.05) is 44.2 Å². The van der Waals surface area contributed by atoms with Gasteiger partial charge in [-0.05, 0) is 29.4 Å². The molecule has 33 heavy (non-hydrogen) atoms. The van der Waals surface area contributed by atoms with E-state index >= 15 is 0 Å². The van der Waals surface area contributed by atoms with Crippen molar-refractivity contribution < 1.29 is 13.7 Å². The molecule has 2 aliphatic rings. The van der Waals surface area contributed by atoms with Crippen LogP contribution in [0.3, 0.4) is 0 Å². The third-order valence-electron chi connectivity index (χ3n) is 6.32. The van der Waals surface area contributed by atoms with Gasteiger partial charge in [0.05, 0.1) is 23.3 Å². The molecule has 2 aromatic carbocycles. The molecule has 0 atom stereocenters. The van der Waals surface area contributed by atoms with Crippen molar-refractivity contribution in [2.45, 2.75) is 6.04 Å². The Morgan fingerprint density at radius 1 is 1.09 bits per heavy atom. The number of benzene rings is 2. The Morgan fingerprint density at radius 3 is 2.67 bits per heavy atom. The molecular weight excluding hydrogens is 425 g/mol. The first-order chi connectivity index (χ1) is 16.2. The lowest BCUT2D eigenvalue weighted by molar-refractivity contribution is 0.0741. The van der Waals surface area contributed by atoms with Crippen molar-refractivity contribution in [1.82, 2.24) is 30.1 Å². The Kier molecular flexibility index (Phi) is 4.79. The van der Waals surface area contributed by atoms with Gasteiger partial charge in [0.2, 0.25) is 0 Å². The van der Waals surface area contributed by atoms with Gasteiger partial charge in [-0.2, -0.15) is 10.1 Å². The molecular formula is C23H22FN7O2. The summed E-state index contributed by atoms with van der Waals surface area (Å²) in [7, 11) is 0. The summed E-state index contributed by atoms with van der Waals surface area (Å²) in [5.41, 5.74) is 1.97. The SMILES string of the molecule is O=C(c1ccccc1F)N1CCN(c2noc(-c3ccc4cnn(C5CNC5)c4c3)n2)CC1.